The molecule has 1 aromatic heterocycles. The first-order chi connectivity index (χ1) is 11.7. The Hall–Kier alpha value is -2.62. The third kappa shape index (κ3) is 3.16. The van der Waals surface area contributed by atoms with E-state index in [1.807, 2.05) is 83.4 Å². The second-order valence-corrected chi connectivity index (χ2v) is 5.92. The summed E-state index contributed by atoms with van der Waals surface area (Å²) < 4.78 is 1.86. The van der Waals surface area contributed by atoms with Crippen LogP contribution in [-0.4, -0.2) is 9.55 Å². The van der Waals surface area contributed by atoms with E-state index in [4.69, 9.17) is 22.0 Å². The molecular weight excluding hydrogens is 353 g/mol. The number of hydrogen-bond donors (Lipinski definition) is 1. The molecule has 0 unspecified atom stereocenters. The van der Waals surface area contributed by atoms with E-state index in [2.05, 4.69) is 0 Å². The number of fused-ring (bicyclic) bond motifs is 1. The van der Waals surface area contributed by atoms with Gasteiger partial charge < -0.3 is 0 Å². The Morgan fingerprint density at radius 2 is 1.44 bits per heavy atom. The molecule has 1 heterocycles. The maximum Gasteiger partial charge on any atom is 0.146 e. The predicted octanol–water partition coefficient (Wildman–Crippen LogP) is 5.25. The first-order valence-electron chi connectivity index (χ1n) is 7.62. The first-order valence-corrected chi connectivity index (χ1v) is 7.99. The Labute approximate surface area is 156 Å². The van der Waals surface area contributed by atoms with Crippen molar-refractivity contribution >= 4 is 34.9 Å². The van der Waals surface area contributed by atoms with Crippen LogP contribution in [0.2, 0.25) is 5.02 Å². The lowest BCUT2D eigenvalue weighted by molar-refractivity contribution is 0.922. The predicted molar refractivity (Wildman–Crippen MR) is 105 cm³/mol. The fraction of sp³-hybridized carbons (Fsp3) is 0. The largest absolute Gasteiger partial charge is 0.283 e. The maximum atomic E-state index is 8.71. The van der Waals surface area contributed by atoms with Crippen LogP contribution in [0.1, 0.15) is 0 Å². The second-order valence-electron chi connectivity index (χ2n) is 5.48. The number of nitrogens with zero attached hydrogens (tertiary/aromatic N) is 2. The zero-order chi connectivity index (χ0) is 16.5. The van der Waals surface area contributed by atoms with Gasteiger partial charge in [-0.2, -0.15) is 0 Å². The van der Waals surface area contributed by atoms with Gasteiger partial charge in [-0.15, -0.1) is 12.4 Å². The van der Waals surface area contributed by atoms with Crippen LogP contribution in [0.25, 0.3) is 28.0 Å². The van der Waals surface area contributed by atoms with E-state index in [-0.39, 0.29) is 12.4 Å². The third-order valence-electron chi connectivity index (χ3n) is 3.94. The van der Waals surface area contributed by atoms with Crippen molar-refractivity contribution < 1.29 is 0 Å². The third-order valence-corrected chi connectivity index (χ3v) is 4.19. The lowest BCUT2D eigenvalue weighted by Crippen LogP contribution is -2.22. The van der Waals surface area contributed by atoms with Crippen LogP contribution < -0.4 is 5.49 Å². The molecule has 0 spiro atoms. The van der Waals surface area contributed by atoms with Gasteiger partial charge in [-0.1, -0.05) is 54.1 Å². The summed E-state index contributed by atoms with van der Waals surface area (Å²) in [7, 11) is 0. The van der Waals surface area contributed by atoms with Crippen molar-refractivity contribution in [3.63, 3.8) is 0 Å². The van der Waals surface area contributed by atoms with Crippen molar-refractivity contribution in [2.24, 2.45) is 0 Å². The monoisotopic (exact) mass is 367 g/mol. The number of hydrogen-bond acceptors (Lipinski definition) is 2. The van der Waals surface area contributed by atoms with Crippen molar-refractivity contribution in [2.75, 3.05) is 0 Å². The van der Waals surface area contributed by atoms with Gasteiger partial charge in [0.05, 0.1) is 5.52 Å². The number of nitrogens with one attached hydrogen (secondary N) is 1. The van der Waals surface area contributed by atoms with E-state index in [0.29, 0.717) is 10.5 Å². The number of benzene rings is 3. The summed E-state index contributed by atoms with van der Waals surface area (Å²) in [5.41, 5.74) is 3.04. The van der Waals surface area contributed by atoms with Gasteiger partial charge in [-0.25, -0.2) is 4.98 Å². The molecule has 0 bridgehead atoms. The number of rotatable bonds is 2. The molecule has 4 aromatic rings. The molecule has 0 amide bonds. The molecule has 0 saturated heterocycles. The minimum Gasteiger partial charge on any atom is -0.283 e. The molecular formula is C20H15Cl2N3. The molecule has 3 aromatic carbocycles. The Bertz CT molecular complexity index is 1070. The zero-order valence-corrected chi connectivity index (χ0v) is 14.8. The molecule has 0 fully saturated rings. The number of aromatic nitrogens is 2. The molecule has 0 aliphatic rings. The van der Waals surface area contributed by atoms with Crippen LogP contribution >= 0.6 is 24.0 Å². The van der Waals surface area contributed by atoms with E-state index in [9.17, 15) is 0 Å². The van der Waals surface area contributed by atoms with Crippen molar-refractivity contribution in [1.82, 2.24) is 9.55 Å². The van der Waals surface area contributed by atoms with Crippen LogP contribution in [0, 0.1) is 5.41 Å². The molecule has 1 N–H and O–H groups in total. The molecule has 3 nitrogen and oxygen atoms in total. The SMILES string of the molecule is Cl.N=c1c2ccccc2nc(-c2ccccc2)n1-c1ccc(Cl)cc1. The van der Waals surface area contributed by atoms with Gasteiger partial charge in [0, 0.05) is 21.7 Å². The minimum atomic E-state index is 0. The molecule has 0 aliphatic heterocycles. The van der Waals surface area contributed by atoms with Crippen molar-refractivity contribution in [1.29, 1.82) is 5.41 Å². The summed E-state index contributed by atoms with van der Waals surface area (Å²) in [6, 6.07) is 25.1. The summed E-state index contributed by atoms with van der Waals surface area (Å²) >= 11 is 6.02. The fourth-order valence-electron chi connectivity index (χ4n) is 2.78. The van der Waals surface area contributed by atoms with Crippen LogP contribution in [0.5, 0.6) is 0 Å². The van der Waals surface area contributed by atoms with Gasteiger partial charge in [0.1, 0.15) is 11.3 Å². The molecule has 0 radical (unpaired) electrons. The molecule has 0 atom stereocenters. The summed E-state index contributed by atoms with van der Waals surface area (Å²) in [6.07, 6.45) is 0. The van der Waals surface area contributed by atoms with Crippen molar-refractivity contribution in [2.45, 2.75) is 0 Å². The van der Waals surface area contributed by atoms with Crippen LogP contribution in [-0.2, 0) is 0 Å². The maximum absolute atomic E-state index is 8.71. The molecule has 5 heteroatoms. The summed E-state index contributed by atoms with van der Waals surface area (Å²) in [5, 5.41) is 10.2. The lowest BCUT2D eigenvalue weighted by Gasteiger charge is -2.15. The van der Waals surface area contributed by atoms with Crippen molar-refractivity contribution in [3.05, 3.63) is 89.4 Å². The number of halogens is 2. The standard InChI is InChI=1S/C20H14ClN3.ClH/c21-15-10-12-16(13-11-15)24-19(22)17-8-4-5-9-18(17)23-20(24)14-6-2-1-3-7-14;/h1-13,22H;1H. The molecule has 25 heavy (non-hydrogen) atoms. The fourth-order valence-corrected chi connectivity index (χ4v) is 2.91. The Morgan fingerprint density at radius 3 is 2.16 bits per heavy atom. The number of para-hydroxylation sites is 1. The first kappa shape index (κ1) is 17.2. The van der Waals surface area contributed by atoms with Gasteiger partial charge >= 0.3 is 0 Å². The highest BCUT2D eigenvalue weighted by Crippen LogP contribution is 2.22. The second kappa shape index (κ2) is 7.09. The van der Waals surface area contributed by atoms with E-state index in [1.54, 1.807) is 0 Å². The Balaban J connectivity index is 0.00000182. The van der Waals surface area contributed by atoms with Crippen molar-refractivity contribution in [3.8, 4) is 17.1 Å². The average Bonchev–Trinajstić information content (AvgIpc) is 2.63. The molecule has 0 saturated carbocycles. The topological polar surface area (TPSA) is 41.7 Å². The smallest absolute Gasteiger partial charge is 0.146 e. The van der Waals surface area contributed by atoms with E-state index in [0.717, 1.165) is 28.0 Å². The summed E-state index contributed by atoms with van der Waals surface area (Å²) in [5.74, 6) is 0.738. The average molecular weight is 368 g/mol. The summed E-state index contributed by atoms with van der Waals surface area (Å²) in [4.78, 5) is 4.82. The quantitative estimate of drug-likeness (QED) is 0.516. The van der Waals surface area contributed by atoms with E-state index >= 15 is 0 Å². The van der Waals surface area contributed by atoms with E-state index in [1.165, 1.54) is 0 Å². The van der Waals surface area contributed by atoms with Gasteiger partial charge in [0.25, 0.3) is 0 Å². The highest BCUT2D eigenvalue weighted by Gasteiger charge is 2.12. The van der Waals surface area contributed by atoms with Gasteiger partial charge in [-0.05, 0) is 36.4 Å². The Morgan fingerprint density at radius 1 is 0.800 bits per heavy atom. The molecule has 4 rings (SSSR count). The normalized spacial score (nSPS) is 10.4. The Kier molecular flexibility index (Phi) is 4.88. The highest BCUT2D eigenvalue weighted by molar-refractivity contribution is 6.30. The summed E-state index contributed by atoms with van der Waals surface area (Å²) in [6.45, 7) is 0. The van der Waals surface area contributed by atoms with Gasteiger partial charge in [-0.3, -0.25) is 9.98 Å². The van der Waals surface area contributed by atoms with Crippen LogP contribution in [0.3, 0.4) is 0 Å². The molecule has 0 aliphatic carbocycles. The lowest BCUT2D eigenvalue weighted by atomic mass is 10.1. The zero-order valence-electron chi connectivity index (χ0n) is 13.2. The highest BCUT2D eigenvalue weighted by atomic mass is 35.5. The molecule has 124 valence electrons. The van der Waals surface area contributed by atoms with Crippen LogP contribution in [0.15, 0.2) is 78.9 Å². The van der Waals surface area contributed by atoms with Gasteiger partial charge in [0.2, 0.25) is 0 Å². The minimum absolute atomic E-state index is 0. The van der Waals surface area contributed by atoms with E-state index < -0.39 is 0 Å². The van der Waals surface area contributed by atoms with Gasteiger partial charge in [0.15, 0.2) is 0 Å². The van der Waals surface area contributed by atoms with Crippen LogP contribution in [0.4, 0.5) is 0 Å².